The standard InChI is InChI=1S/C17H27NO2/c1-13-4-9-17(14(2)12-13)18-10-11-20-16-7-5-15(19-3)6-8-16/h5-8,13-14,17-18H,4,9-12H2,1-3H3. The highest BCUT2D eigenvalue weighted by Crippen LogP contribution is 2.28. The Morgan fingerprint density at radius 2 is 1.80 bits per heavy atom. The molecule has 3 unspecified atom stereocenters. The molecule has 1 aromatic carbocycles. The normalized spacial score (nSPS) is 26.2. The van der Waals surface area contributed by atoms with Crippen molar-refractivity contribution in [1.29, 1.82) is 0 Å². The van der Waals surface area contributed by atoms with Gasteiger partial charge in [-0.3, -0.25) is 0 Å². The minimum atomic E-state index is 0.658. The first kappa shape index (κ1) is 15.2. The Hall–Kier alpha value is -1.22. The van der Waals surface area contributed by atoms with E-state index in [1.807, 2.05) is 24.3 Å². The van der Waals surface area contributed by atoms with Crippen LogP contribution in [-0.2, 0) is 0 Å². The van der Waals surface area contributed by atoms with Crippen LogP contribution in [-0.4, -0.2) is 26.3 Å². The molecule has 1 N–H and O–H groups in total. The van der Waals surface area contributed by atoms with Crippen LogP contribution in [0.2, 0.25) is 0 Å². The minimum absolute atomic E-state index is 0.658. The number of ether oxygens (including phenoxy) is 2. The summed E-state index contributed by atoms with van der Waals surface area (Å²) in [6.45, 7) is 6.34. The molecule has 3 nitrogen and oxygen atoms in total. The Bertz CT molecular complexity index is 390. The monoisotopic (exact) mass is 277 g/mol. The van der Waals surface area contributed by atoms with Gasteiger partial charge < -0.3 is 14.8 Å². The van der Waals surface area contributed by atoms with Gasteiger partial charge in [0.15, 0.2) is 0 Å². The van der Waals surface area contributed by atoms with Crippen LogP contribution in [0.25, 0.3) is 0 Å². The molecule has 2 rings (SSSR count). The lowest BCUT2D eigenvalue weighted by Crippen LogP contribution is -2.40. The van der Waals surface area contributed by atoms with E-state index in [2.05, 4.69) is 19.2 Å². The quantitative estimate of drug-likeness (QED) is 0.807. The summed E-state index contributed by atoms with van der Waals surface area (Å²) >= 11 is 0. The van der Waals surface area contributed by atoms with Gasteiger partial charge >= 0.3 is 0 Å². The third-order valence-corrected chi connectivity index (χ3v) is 4.27. The van der Waals surface area contributed by atoms with Crippen molar-refractivity contribution < 1.29 is 9.47 Å². The highest BCUT2D eigenvalue weighted by atomic mass is 16.5. The molecule has 0 aromatic heterocycles. The molecule has 3 heteroatoms. The summed E-state index contributed by atoms with van der Waals surface area (Å²) in [5.74, 6) is 3.43. The van der Waals surface area contributed by atoms with Crippen LogP contribution in [0.4, 0.5) is 0 Å². The number of benzene rings is 1. The van der Waals surface area contributed by atoms with Gasteiger partial charge in [-0.2, -0.15) is 0 Å². The zero-order valence-electron chi connectivity index (χ0n) is 12.9. The van der Waals surface area contributed by atoms with Gasteiger partial charge in [-0.05, 0) is 55.4 Å². The summed E-state index contributed by atoms with van der Waals surface area (Å²) in [5.41, 5.74) is 0. The lowest BCUT2D eigenvalue weighted by molar-refractivity contribution is 0.215. The van der Waals surface area contributed by atoms with Gasteiger partial charge in [0.2, 0.25) is 0 Å². The van der Waals surface area contributed by atoms with E-state index in [4.69, 9.17) is 9.47 Å². The molecule has 0 amide bonds. The van der Waals surface area contributed by atoms with Crippen molar-refractivity contribution in [2.45, 2.75) is 39.2 Å². The Kier molecular flexibility index (Phi) is 5.72. The van der Waals surface area contributed by atoms with E-state index in [1.165, 1.54) is 19.3 Å². The molecule has 0 aliphatic heterocycles. The van der Waals surface area contributed by atoms with E-state index >= 15 is 0 Å². The van der Waals surface area contributed by atoms with Crippen molar-refractivity contribution in [3.8, 4) is 11.5 Å². The molecular weight excluding hydrogens is 250 g/mol. The van der Waals surface area contributed by atoms with Gasteiger partial charge in [-0.25, -0.2) is 0 Å². The van der Waals surface area contributed by atoms with Crippen LogP contribution in [0.15, 0.2) is 24.3 Å². The Labute approximate surface area is 122 Å². The molecule has 112 valence electrons. The summed E-state index contributed by atoms with van der Waals surface area (Å²) in [6.07, 6.45) is 3.99. The fourth-order valence-corrected chi connectivity index (χ4v) is 3.05. The van der Waals surface area contributed by atoms with E-state index in [9.17, 15) is 0 Å². The summed E-state index contributed by atoms with van der Waals surface area (Å²) < 4.78 is 10.9. The summed E-state index contributed by atoms with van der Waals surface area (Å²) in [4.78, 5) is 0. The van der Waals surface area contributed by atoms with Gasteiger partial charge in [-0.15, -0.1) is 0 Å². The molecular formula is C17H27NO2. The molecule has 1 aromatic rings. The second-order valence-electron chi connectivity index (χ2n) is 5.98. The number of rotatable bonds is 6. The van der Waals surface area contributed by atoms with E-state index in [0.717, 1.165) is 29.9 Å². The molecule has 0 spiro atoms. The predicted molar refractivity (Wildman–Crippen MR) is 82.5 cm³/mol. The third kappa shape index (κ3) is 4.41. The summed E-state index contributed by atoms with van der Waals surface area (Å²) in [7, 11) is 1.67. The molecule has 1 saturated carbocycles. The van der Waals surface area contributed by atoms with Crippen LogP contribution in [0.5, 0.6) is 11.5 Å². The van der Waals surface area contributed by atoms with Crippen LogP contribution < -0.4 is 14.8 Å². The van der Waals surface area contributed by atoms with E-state index < -0.39 is 0 Å². The highest BCUT2D eigenvalue weighted by Gasteiger charge is 2.24. The first-order chi connectivity index (χ1) is 9.69. The van der Waals surface area contributed by atoms with Gasteiger partial charge in [-0.1, -0.05) is 13.8 Å². The summed E-state index contributed by atoms with van der Waals surface area (Å²) in [5, 5.41) is 3.64. The van der Waals surface area contributed by atoms with Gasteiger partial charge in [0.05, 0.1) is 7.11 Å². The zero-order chi connectivity index (χ0) is 14.4. The average molecular weight is 277 g/mol. The van der Waals surface area contributed by atoms with E-state index in [0.29, 0.717) is 12.6 Å². The smallest absolute Gasteiger partial charge is 0.119 e. The molecule has 0 bridgehead atoms. The fraction of sp³-hybridized carbons (Fsp3) is 0.647. The van der Waals surface area contributed by atoms with Crippen molar-refractivity contribution in [2.24, 2.45) is 11.8 Å². The predicted octanol–water partition coefficient (Wildman–Crippen LogP) is 3.49. The Morgan fingerprint density at radius 3 is 2.45 bits per heavy atom. The molecule has 0 heterocycles. The maximum Gasteiger partial charge on any atom is 0.119 e. The number of methoxy groups -OCH3 is 1. The molecule has 20 heavy (non-hydrogen) atoms. The van der Waals surface area contributed by atoms with E-state index in [1.54, 1.807) is 7.11 Å². The second kappa shape index (κ2) is 7.53. The first-order valence-corrected chi connectivity index (χ1v) is 7.69. The van der Waals surface area contributed by atoms with Crippen LogP contribution >= 0.6 is 0 Å². The second-order valence-corrected chi connectivity index (χ2v) is 5.98. The highest BCUT2D eigenvalue weighted by molar-refractivity contribution is 5.31. The zero-order valence-corrected chi connectivity index (χ0v) is 12.9. The lowest BCUT2D eigenvalue weighted by Gasteiger charge is -2.33. The van der Waals surface area contributed by atoms with Gasteiger partial charge in [0.25, 0.3) is 0 Å². The van der Waals surface area contributed by atoms with E-state index in [-0.39, 0.29) is 0 Å². The summed E-state index contributed by atoms with van der Waals surface area (Å²) in [6, 6.07) is 8.40. The number of hydrogen-bond donors (Lipinski definition) is 1. The van der Waals surface area contributed by atoms with Crippen molar-refractivity contribution >= 4 is 0 Å². The topological polar surface area (TPSA) is 30.5 Å². The molecule has 1 aliphatic carbocycles. The minimum Gasteiger partial charge on any atom is -0.497 e. The lowest BCUT2D eigenvalue weighted by atomic mass is 9.80. The molecule has 3 atom stereocenters. The van der Waals surface area contributed by atoms with Crippen molar-refractivity contribution in [2.75, 3.05) is 20.3 Å². The van der Waals surface area contributed by atoms with Gasteiger partial charge in [0.1, 0.15) is 18.1 Å². The number of nitrogens with one attached hydrogen (secondary N) is 1. The van der Waals surface area contributed by atoms with Crippen LogP contribution in [0.1, 0.15) is 33.1 Å². The van der Waals surface area contributed by atoms with Crippen molar-refractivity contribution in [3.63, 3.8) is 0 Å². The van der Waals surface area contributed by atoms with Crippen molar-refractivity contribution in [1.82, 2.24) is 5.32 Å². The third-order valence-electron chi connectivity index (χ3n) is 4.27. The first-order valence-electron chi connectivity index (χ1n) is 7.69. The van der Waals surface area contributed by atoms with Crippen molar-refractivity contribution in [3.05, 3.63) is 24.3 Å². The molecule has 0 saturated heterocycles. The van der Waals surface area contributed by atoms with Gasteiger partial charge in [0, 0.05) is 12.6 Å². The Morgan fingerprint density at radius 1 is 1.10 bits per heavy atom. The maximum atomic E-state index is 5.73. The molecule has 0 radical (unpaired) electrons. The van der Waals surface area contributed by atoms with Crippen LogP contribution in [0, 0.1) is 11.8 Å². The fourth-order valence-electron chi connectivity index (χ4n) is 3.05. The SMILES string of the molecule is COc1ccc(OCCNC2CCC(C)CC2C)cc1. The van der Waals surface area contributed by atoms with Crippen LogP contribution in [0.3, 0.4) is 0 Å². The average Bonchev–Trinajstić information content (AvgIpc) is 2.46. The largest absolute Gasteiger partial charge is 0.497 e. The maximum absolute atomic E-state index is 5.73. The Balaban J connectivity index is 1.65. The molecule has 1 fully saturated rings. The number of hydrogen-bond acceptors (Lipinski definition) is 3. The molecule has 1 aliphatic rings.